The van der Waals surface area contributed by atoms with Gasteiger partial charge >= 0.3 is 0 Å². The van der Waals surface area contributed by atoms with Crippen LogP contribution in [0.25, 0.3) is 0 Å². The summed E-state index contributed by atoms with van der Waals surface area (Å²) in [7, 11) is 0. The third-order valence-corrected chi connectivity index (χ3v) is 6.36. The van der Waals surface area contributed by atoms with Crippen LogP contribution in [0.2, 0.25) is 0 Å². The van der Waals surface area contributed by atoms with Gasteiger partial charge < -0.3 is 5.32 Å². The first-order valence-electron chi connectivity index (χ1n) is 8.32. The zero-order valence-electron chi connectivity index (χ0n) is 13.0. The van der Waals surface area contributed by atoms with Gasteiger partial charge in [-0.1, -0.05) is 31.6 Å². The molecule has 21 heavy (non-hydrogen) atoms. The number of carbonyl (C=O) groups is 1. The van der Waals surface area contributed by atoms with E-state index in [9.17, 15) is 4.79 Å². The number of anilines is 1. The van der Waals surface area contributed by atoms with Gasteiger partial charge in [-0.15, -0.1) is 10.2 Å². The molecule has 4 nitrogen and oxygen atoms in total. The molecule has 5 heteroatoms. The summed E-state index contributed by atoms with van der Waals surface area (Å²) >= 11 is 1.54. The van der Waals surface area contributed by atoms with Gasteiger partial charge in [0.15, 0.2) is 0 Å². The maximum absolute atomic E-state index is 12.2. The van der Waals surface area contributed by atoms with Gasteiger partial charge in [0.25, 0.3) is 0 Å². The van der Waals surface area contributed by atoms with Gasteiger partial charge in [0.05, 0.1) is 0 Å². The monoisotopic (exact) mass is 307 g/mol. The lowest BCUT2D eigenvalue weighted by molar-refractivity contribution is -0.117. The molecule has 0 radical (unpaired) electrons. The van der Waals surface area contributed by atoms with Crippen LogP contribution in [0.5, 0.6) is 0 Å². The van der Waals surface area contributed by atoms with Gasteiger partial charge in [0, 0.05) is 12.3 Å². The van der Waals surface area contributed by atoms with Gasteiger partial charge in [0.1, 0.15) is 5.01 Å². The smallest absolute Gasteiger partial charge is 0.226 e. The van der Waals surface area contributed by atoms with Gasteiger partial charge in [0.2, 0.25) is 11.0 Å². The average molecular weight is 307 g/mol. The number of amides is 1. The number of carbonyl (C=O) groups excluding carboxylic acids is 1. The second-order valence-electron chi connectivity index (χ2n) is 6.65. The topological polar surface area (TPSA) is 54.9 Å². The minimum Gasteiger partial charge on any atom is -0.301 e. The van der Waals surface area contributed by atoms with Crippen LogP contribution >= 0.6 is 11.3 Å². The Morgan fingerprint density at radius 3 is 2.71 bits per heavy atom. The van der Waals surface area contributed by atoms with Crippen LogP contribution in [0.15, 0.2) is 0 Å². The Morgan fingerprint density at radius 1 is 1.29 bits per heavy atom. The predicted octanol–water partition coefficient (Wildman–Crippen LogP) is 4.21. The Hall–Kier alpha value is -0.970. The van der Waals surface area contributed by atoms with Gasteiger partial charge in [-0.3, -0.25) is 4.79 Å². The van der Waals surface area contributed by atoms with Crippen molar-refractivity contribution in [3.63, 3.8) is 0 Å². The highest BCUT2D eigenvalue weighted by molar-refractivity contribution is 7.15. The lowest BCUT2D eigenvalue weighted by atomic mass is 9.86. The molecule has 1 N–H and O–H groups in total. The first kappa shape index (κ1) is 14.9. The molecule has 3 rings (SSSR count). The van der Waals surface area contributed by atoms with E-state index in [2.05, 4.69) is 29.4 Å². The lowest BCUT2D eigenvalue weighted by Crippen LogP contribution is -2.20. The summed E-state index contributed by atoms with van der Waals surface area (Å²) in [5.74, 6) is 2.90. The molecule has 2 aliphatic rings. The van der Waals surface area contributed by atoms with E-state index < -0.39 is 0 Å². The van der Waals surface area contributed by atoms with Crippen molar-refractivity contribution in [3.05, 3.63) is 5.01 Å². The van der Waals surface area contributed by atoms with E-state index >= 15 is 0 Å². The molecule has 2 aliphatic carbocycles. The fraction of sp³-hybridized carbons (Fsp3) is 0.812. The number of nitrogens with zero attached hydrogens (tertiary/aromatic N) is 2. The van der Waals surface area contributed by atoms with E-state index in [0.717, 1.165) is 29.7 Å². The quantitative estimate of drug-likeness (QED) is 0.856. The van der Waals surface area contributed by atoms with Crippen LogP contribution in [0, 0.1) is 17.8 Å². The van der Waals surface area contributed by atoms with Gasteiger partial charge in [-0.05, 0) is 49.9 Å². The molecular weight excluding hydrogens is 282 g/mol. The summed E-state index contributed by atoms with van der Waals surface area (Å²) in [4.78, 5) is 12.2. The van der Waals surface area contributed by atoms with Crippen molar-refractivity contribution in [3.8, 4) is 0 Å². The normalized spacial score (nSPS) is 27.5. The maximum atomic E-state index is 12.2. The summed E-state index contributed by atoms with van der Waals surface area (Å²) in [5.41, 5.74) is 0. The number of hydrogen-bond acceptors (Lipinski definition) is 4. The summed E-state index contributed by atoms with van der Waals surface area (Å²) < 4.78 is 0. The summed E-state index contributed by atoms with van der Waals surface area (Å²) in [6.45, 7) is 4.34. The summed E-state index contributed by atoms with van der Waals surface area (Å²) in [5, 5.41) is 13.0. The van der Waals surface area contributed by atoms with Crippen molar-refractivity contribution in [2.24, 2.45) is 17.8 Å². The Bertz CT molecular complexity index is 497. The Morgan fingerprint density at radius 2 is 2.10 bits per heavy atom. The lowest BCUT2D eigenvalue weighted by Gasteiger charge is -2.20. The van der Waals surface area contributed by atoms with Gasteiger partial charge in [-0.25, -0.2) is 0 Å². The van der Waals surface area contributed by atoms with Crippen molar-refractivity contribution in [1.29, 1.82) is 0 Å². The average Bonchev–Trinajstić information content (AvgIpc) is 3.17. The van der Waals surface area contributed by atoms with Crippen molar-refractivity contribution >= 4 is 22.4 Å². The van der Waals surface area contributed by atoms with Crippen LogP contribution in [-0.2, 0) is 4.79 Å². The minimum atomic E-state index is 0.125. The first-order chi connectivity index (χ1) is 10.2. The predicted molar refractivity (Wildman–Crippen MR) is 85.4 cm³/mol. The molecule has 3 atom stereocenters. The SMILES string of the molecule is CCC(CC)c1nnc(NC(=O)C[C@@H]2C[C@H]3CC[C@H]2C3)s1. The number of aromatic nitrogens is 2. The zero-order valence-corrected chi connectivity index (χ0v) is 13.8. The molecular formula is C16H25N3OS. The fourth-order valence-corrected chi connectivity index (χ4v) is 5.15. The highest BCUT2D eigenvalue weighted by Gasteiger charge is 2.40. The maximum Gasteiger partial charge on any atom is 0.226 e. The number of fused-ring (bicyclic) bond motifs is 2. The molecule has 1 heterocycles. The van der Waals surface area contributed by atoms with Crippen LogP contribution in [-0.4, -0.2) is 16.1 Å². The number of rotatable bonds is 6. The molecule has 0 unspecified atom stereocenters. The molecule has 1 aromatic heterocycles. The van der Waals surface area contributed by atoms with E-state index in [0.29, 0.717) is 23.4 Å². The molecule has 0 saturated heterocycles. The molecule has 116 valence electrons. The summed E-state index contributed by atoms with van der Waals surface area (Å²) in [6, 6.07) is 0. The molecule has 0 aromatic carbocycles. The van der Waals surface area contributed by atoms with E-state index in [1.807, 2.05) is 0 Å². The van der Waals surface area contributed by atoms with Crippen LogP contribution in [0.3, 0.4) is 0 Å². The van der Waals surface area contributed by atoms with Crippen molar-refractivity contribution in [2.75, 3.05) is 5.32 Å². The Balaban J connectivity index is 1.53. The molecule has 0 aliphatic heterocycles. The fourth-order valence-electron chi connectivity index (χ4n) is 4.12. The third-order valence-electron chi connectivity index (χ3n) is 5.35. The minimum absolute atomic E-state index is 0.125. The third kappa shape index (κ3) is 3.28. The molecule has 2 bridgehead atoms. The largest absolute Gasteiger partial charge is 0.301 e. The molecule has 2 saturated carbocycles. The number of hydrogen-bond donors (Lipinski definition) is 1. The van der Waals surface area contributed by atoms with E-state index in [4.69, 9.17) is 0 Å². The van der Waals surface area contributed by atoms with E-state index in [-0.39, 0.29) is 5.91 Å². The van der Waals surface area contributed by atoms with Crippen molar-refractivity contribution < 1.29 is 4.79 Å². The molecule has 1 amide bonds. The second kappa shape index (κ2) is 6.42. The van der Waals surface area contributed by atoms with E-state index in [1.165, 1.54) is 37.0 Å². The molecule has 2 fully saturated rings. The summed E-state index contributed by atoms with van der Waals surface area (Å²) in [6.07, 6.45) is 8.15. The van der Waals surface area contributed by atoms with Crippen molar-refractivity contribution in [1.82, 2.24) is 10.2 Å². The highest BCUT2D eigenvalue weighted by Crippen LogP contribution is 2.49. The first-order valence-corrected chi connectivity index (χ1v) is 9.14. The zero-order chi connectivity index (χ0) is 14.8. The molecule has 1 aromatic rings. The van der Waals surface area contributed by atoms with Crippen LogP contribution in [0.1, 0.15) is 69.7 Å². The van der Waals surface area contributed by atoms with Crippen LogP contribution < -0.4 is 5.32 Å². The van der Waals surface area contributed by atoms with Crippen molar-refractivity contribution in [2.45, 2.75) is 64.7 Å². The second-order valence-corrected chi connectivity index (χ2v) is 7.66. The van der Waals surface area contributed by atoms with Crippen LogP contribution in [0.4, 0.5) is 5.13 Å². The van der Waals surface area contributed by atoms with Gasteiger partial charge in [-0.2, -0.15) is 0 Å². The van der Waals surface area contributed by atoms with E-state index in [1.54, 1.807) is 0 Å². The Labute approximate surface area is 130 Å². The number of nitrogens with one attached hydrogen (secondary N) is 1. The highest BCUT2D eigenvalue weighted by atomic mass is 32.1. The standard InChI is InChI=1S/C16H25N3OS/c1-3-11(4-2)15-18-19-16(21-15)17-14(20)9-13-8-10-5-6-12(13)7-10/h10-13H,3-9H2,1-2H3,(H,17,19,20)/t10-,12-,13-/m0/s1. The molecule has 0 spiro atoms. The Kier molecular flexibility index (Phi) is 4.57.